The lowest BCUT2D eigenvalue weighted by Gasteiger charge is -2.26. The van der Waals surface area contributed by atoms with Crippen LogP contribution in [0.15, 0.2) is 115 Å². The molecule has 8 nitrogen and oxygen atoms in total. The molecular formula is C35H24N4O4. The molecule has 208 valence electrons. The molecule has 0 aliphatic heterocycles. The van der Waals surface area contributed by atoms with Gasteiger partial charge in [0.2, 0.25) is 0 Å². The number of aromatic carboxylic acids is 1. The number of benzene rings is 5. The van der Waals surface area contributed by atoms with Crippen molar-refractivity contribution in [2.45, 2.75) is 13.1 Å². The van der Waals surface area contributed by atoms with Gasteiger partial charge in [0.05, 0.1) is 33.8 Å². The average molecular weight is 565 g/mol. The molecule has 0 unspecified atom stereocenters. The van der Waals surface area contributed by atoms with Crippen molar-refractivity contribution in [3.05, 3.63) is 153 Å². The number of nitriles is 2. The van der Waals surface area contributed by atoms with Crippen LogP contribution in [0.4, 0.5) is 11.4 Å². The van der Waals surface area contributed by atoms with E-state index in [1.807, 2.05) is 72.8 Å². The Morgan fingerprint density at radius 3 is 1.58 bits per heavy atom. The molecule has 0 radical (unpaired) electrons. The zero-order valence-corrected chi connectivity index (χ0v) is 22.8. The molecule has 0 aromatic heterocycles. The zero-order valence-electron chi connectivity index (χ0n) is 22.8. The number of para-hydroxylation sites is 1. The van der Waals surface area contributed by atoms with E-state index in [1.54, 1.807) is 29.2 Å². The lowest BCUT2D eigenvalue weighted by atomic mass is 9.98. The smallest absolute Gasteiger partial charge is 0.338 e. The average Bonchev–Trinajstić information content (AvgIpc) is 3.04. The molecule has 0 saturated carbocycles. The molecule has 0 fully saturated rings. The van der Waals surface area contributed by atoms with Crippen LogP contribution in [0.5, 0.6) is 0 Å². The largest absolute Gasteiger partial charge is 0.478 e. The van der Waals surface area contributed by atoms with Crippen molar-refractivity contribution < 1.29 is 14.8 Å². The molecule has 0 aliphatic carbocycles. The highest BCUT2D eigenvalue weighted by molar-refractivity contribution is 5.97. The van der Waals surface area contributed by atoms with Gasteiger partial charge in [-0.3, -0.25) is 10.1 Å². The molecule has 1 N–H and O–H groups in total. The summed E-state index contributed by atoms with van der Waals surface area (Å²) in [5.41, 5.74) is 5.49. The summed E-state index contributed by atoms with van der Waals surface area (Å²) in [5, 5.41) is 41.0. The third kappa shape index (κ3) is 6.09. The molecule has 43 heavy (non-hydrogen) atoms. The van der Waals surface area contributed by atoms with E-state index < -0.39 is 10.9 Å². The predicted molar refractivity (Wildman–Crippen MR) is 163 cm³/mol. The van der Waals surface area contributed by atoms with Gasteiger partial charge in [0.1, 0.15) is 5.69 Å². The van der Waals surface area contributed by atoms with Crippen LogP contribution in [0.25, 0.3) is 22.3 Å². The van der Waals surface area contributed by atoms with E-state index in [2.05, 4.69) is 12.1 Å². The van der Waals surface area contributed by atoms with Crippen LogP contribution in [-0.2, 0) is 13.1 Å². The summed E-state index contributed by atoms with van der Waals surface area (Å²) < 4.78 is 0. The fraction of sp³-hybridized carbons (Fsp3) is 0.0571. The Hall–Kier alpha value is -6.25. The summed E-state index contributed by atoms with van der Waals surface area (Å²) >= 11 is 0. The van der Waals surface area contributed by atoms with Crippen LogP contribution >= 0.6 is 0 Å². The molecular weight excluding hydrogens is 540 g/mol. The Kier molecular flexibility index (Phi) is 8.23. The Morgan fingerprint density at radius 1 is 0.698 bits per heavy atom. The minimum atomic E-state index is -1.27. The molecule has 0 atom stereocenters. The second-order valence-corrected chi connectivity index (χ2v) is 9.80. The molecule has 5 aromatic carbocycles. The molecule has 5 rings (SSSR count). The van der Waals surface area contributed by atoms with Crippen molar-refractivity contribution in [3.63, 3.8) is 0 Å². The third-order valence-corrected chi connectivity index (χ3v) is 7.13. The summed E-state index contributed by atoms with van der Waals surface area (Å²) in [4.78, 5) is 25.4. The highest BCUT2D eigenvalue weighted by Gasteiger charge is 2.27. The van der Waals surface area contributed by atoms with Gasteiger partial charge in [-0.1, -0.05) is 91.0 Å². The van der Waals surface area contributed by atoms with Crippen LogP contribution in [0.1, 0.15) is 32.6 Å². The number of carboxylic acids is 1. The van der Waals surface area contributed by atoms with Crippen molar-refractivity contribution in [2.75, 3.05) is 4.90 Å². The van der Waals surface area contributed by atoms with E-state index in [4.69, 9.17) is 0 Å². The van der Waals surface area contributed by atoms with Gasteiger partial charge in [-0.25, -0.2) is 4.79 Å². The number of carbonyl (C=O) groups is 1. The number of nitro benzene ring substituents is 1. The van der Waals surface area contributed by atoms with Crippen molar-refractivity contribution >= 4 is 17.3 Å². The van der Waals surface area contributed by atoms with Gasteiger partial charge in [-0.2, -0.15) is 10.5 Å². The predicted octanol–water partition coefficient (Wildman–Crippen LogP) is 7.58. The van der Waals surface area contributed by atoms with Gasteiger partial charge in [0.15, 0.2) is 0 Å². The maximum atomic E-state index is 12.2. The van der Waals surface area contributed by atoms with Crippen LogP contribution in [0.2, 0.25) is 0 Å². The third-order valence-electron chi connectivity index (χ3n) is 7.13. The topological polar surface area (TPSA) is 131 Å². The molecule has 0 bridgehead atoms. The van der Waals surface area contributed by atoms with E-state index in [1.165, 1.54) is 18.2 Å². The summed E-state index contributed by atoms with van der Waals surface area (Å²) in [6.45, 7) is 0.370. The Balaban J connectivity index is 1.53. The van der Waals surface area contributed by atoms with Gasteiger partial charge < -0.3 is 10.0 Å². The standard InChI is InChI=1S/C35H24N4O4/c36-20-28-6-1-3-8-30(28)26-16-12-24(13-17-26)22-38(34-32(35(40)41)10-5-11-33(34)39(42)43)23-25-14-18-27(19-15-25)31-9-4-2-7-29(31)21-37/h1-19H,22-23H2,(H,40,41). The second kappa shape index (κ2) is 12.5. The van der Waals surface area contributed by atoms with Gasteiger partial charge in [-0.05, 0) is 51.6 Å². The SMILES string of the molecule is N#Cc1ccccc1-c1ccc(CN(Cc2ccc(-c3ccccc3C#N)cc2)c2c(C(=O)O)cccc2[N+](=O)[O-])cc1. The van der Waals surface area contributed by atoms with Crippen molar-refractivity contribution in [2.24, 2.45) is 0 Å². The molecule has 0 spiro atoms. The fourth-order valence-electron chi connectivity index (χ4n) is 5.08. The number of nitro groups is 1. The van der Waals surface area contributed by atoms with Crippen LogP contribution in [0, 0.1) is 32.8 Å². The number of carboxylic acid groups (broad SMARTS) is 1. The Labute approximate surface area is 248 Å². The van der Waals surface area contributed by atoms with Crippen molar-refractivity contribution in [3.8, 4) is 34.4 Å². The first-order valence-corrected chi connectivity index (χ1v) is 13.3. The number of nitrogens with zero attached hydrogens (tertiary/aromatic N) is 4. The van der Waals surface area contributed by atoms with Crippen LogP contribution in [-0.4, -0.2) is 16.0 Å². The Bertz CT molecular complexity index is 1770. The van der Waals surface area contributed by atoms with Gasteiger partial charge in [-0.15, -0.1) is 0 Å². The zero-order chi connectivity index (χ0) is 30.3. The van der Waals surface area contributed by atoms with Crippen molar-refractivity contribution in [1.29, 1.82) is 10.5 Å². The van der Waals surface area contributed by atoms with Gasteiger partial charge >= 0.3 is 5.97 Å². The fourth-order valence-corrected chi connectivity index (χ4v) is 5.08. The number of rotatable bonds is 9. The molecule has 0 saturated heterocycles. The molecule has 0 aliphatic rings. The van der Waals surface area contributed by atoms with Crippen molar-refractivity contribution in [1.82, 2.24) is 0 Å². The molecule has 8 heteroatoms. The summed E-state index contributed by atoms with van der Waals surface area (Å²) in [6.07, 6.45) is 0. The minimum Gasteiger partial charge on any atom is -0.478 e. The quantitative estimate of drug-likeness (QED) is 0.144. The molecule has 5 aromatic rings. The highest BCUT2D eigenvalue weighted by Crippen LogP contribution is 2.35. The van der Waals surface area contributed by atoms with E-state index in [9.17, 15) is 30.5 Å². The van der Waals surface area contributed by atoms with E-state index in [0.717, 1.165) is 33.4 Å². The molecule has 0 heterocycles. The maximum Gasteiger partial charge on any atom is 0.338 e. The second-order valence-electron chi connectivity index (χ2n) is 9.80. The Morgan fingerprint density at radius 2 is 1.16 bits per heavy atom. The highest BCUT2D eigenvalue weighted by atomic mass is 16.6. The number of anilines is 1. The van der Waals surface area contributed by atoms with Gasteiger partial charge in [0, 0.05) is 19.2 Å². The summed E-state index contributed by atoms with van der Waals surface area (Å²) in [5.74, 6) is -1.27. The number of hydrogen-bond acceptors (Lipinski definition) is 6. The van der Waals surface area contributed by atoms with Crippen LogP contribution in [0.3, 0.4) is 0 Å². The summed E-state index contributed by atoms with van der Waals surface area (Å²) in [7, 11) is 0. The number of hydrogen-bond donors (Lipinski definition) is 1. The van der Waals surface area contributed by atoms with E-state index >= 15 is 0 Å². The maximum absolute atomic E-state index is 12.2. The van der Waals surface area contributed by atoms with Gasteiger partial charge in [0.25, 0.3) is 5.69 Å². The normalized spacial score (nSPS) is 10.4. The van der Waals surface area contributed by atoms with Crippen LogP contribution < -0.4 is 4.90 Å². The lowest BCUT2D eigenvalue weighted by molar-refractivity contribution is -0.384. The monoisotopic (exact) mass is 564 g/mol. The van der Waals surface area contributed by atoms with E-state index in [-0.39, 0.29) is 30.0 Å². The first-order valence-electron chi connectivity index (χ1n) is 13.3. The molecule has 0 amide bonds. The van der Waals surface area contributed by atoms with E-state index in [0.29, 0.717) is 11.1 Å². The first-order chi connectivity index (χ1) is 20.9. The summed E-state index contributed by atoms with van der Waals surface area (Å²) in [6, 6.07) is 38.0. The lowest BCUT2D eigenvalue weighted by Crippen LogP contribution is -2.25. The first kappa shape index (κ1) is 28.3. The minimum absolute atomic E-state index is 0.0119.